The maximum Gasteiger partial charge on any atom is 0.260 e. The summed E-state index contributed by atoms with van der Waals surface area (Å²) in [7, 11) is 2.20. The van der Waals surface area contributed by atoms with E-state index in [1.807, 2.05) is 29.1 Å². The number of likely N-dealkylation sites (N-methyl/N-ethyl adjacent to an activating group) is 1. The Morgan fingerprint density at radius 1 is 0.952 bits per heavy atom. The average molecular weight is 579 g/mol. The molecular weight excluding hydrogens is 544 g/mol. The fraction of sp³-hybridized carbons (Fsp3) is 0.375. The van der Waals surface area contributed by atoms with Crippen LogP contribution < -0.4 is 10.9 Å². The van der Waals surface area contributed by atoms with Crippen molar-refractivity contribution in [2.75, 3.05) is 25.5 Å². The SMILES string of the molecule is Cc1nc(-c2cnsc2)ncc1-c1cc2cnc(Nc3ccc(C4CCCN(C)C4)cc3)nc2n(C2CCCC2)c1=O. The lowest BCUT2D eigenvalue weighted by molar-refractivity contribution is 0.251. The normalized spacial score (nSPS) is 18.1. The number of hydrogen-bond acceptors (Lipinski definition) is 9. The van der Waals surface area contributed by atoms with Crippen molar-refractivity contribution in [1.29, 1.82) is 0 Å². The first kappa shape index (κ1) is 26.9. The van der Waals surface area contributed by atoms with Gasteiger partial charge in [-0.1, -0.05) is 25.0 Å². The maximum atomic E-state index is 14.1. The summed E-state index contributed by atoms with van der Waals surface area (Å²) in [5.74, 6) is 1.67. The summed E-state index contributed by atoms with van der Waals surface area (Å²) in [6, 6.07) is 10.6. The first-order chi connectivity index (χ1) is 20.5. The number of nitrogens with one attached hydrogen (secondary N) is 1. The number of nitrogens with zero attached hydrogens (tertiary/aromatic N) is 7. The molecule has 1 N–H and O–H groups in total. The molecule has 1 aromatic carbocycles. The highest BCUT2D eigenvalue weighted by molar-refractivity contribution is 7.03. The molecule has 2 aliphatic rings. The van der Waals surface area contributed by atoms with Crippen molar-refractivity contribution in [2.24, 2.45) is 0 Å². The fourth-order valence-corrected chi connectivity index (χ4v) is 6.98. The third-order valence-corrected chi connectivity index (χ3v) is 9.27. The van der Waals surface area contributed by atoms with Crippen molar-refractivity contribution in [2.45, 2.75) is 57.4 Å². The molecule has 1 saturated carbocycles. The van der Waals surface area contributed by atoms with Crippen LogP contribution in [0.25, 0.3) is 33.5 Å². The summed E-state index contributed by atoms with van der Waals surface area (Å²) < 4.78 is 6.05. The summed E-state index contributed by atoms with van der Waals surface area (Å²) in [6.45, 7) is 4.20. The molecule has 1 aliphatic carbocycles. The van der Waals surface area contributed by atoms with Gasteiger partial charge in [-0.2, -0.15) is 4.98 Å². The monoisotopic (exact) mass is 578 g/mol. The van der Waals surface area contributed by atoms with Gasteiger partial charge in [-0.15, -0.1) is 0 Å². The van der Waals surface area contributed by atoms with Crippen molar-refractivity contribution < 1.29 is 0 Å². The van der Waals surface area contributed by atoms with E-state index < -0.39 is 0 Å². The molecule has 4 aromatic heterocycles. The highest BCUT2D eigenvalue weighted by atomic mass is 32.1. The molecule has 1 unspecified atom stereocenters. The van der Waals surface area contributed by atoms with E-state index in [0.717, 1.165) is 60.1 Å². The Bertz CT molecular complexity index is 1780. The van der Waals surface area contributed by atoms with Gasteiger partial charge >= 0.3 is 0 Å². The van der Waals surface area contributed by atoms with Gasteiger partial charge in [-0.05, 0) is 87.4 Å². The first-order valence-electron chi connectivity index (χ1n) is 14.7. The second-order valence-electron chi connectivity index (χ2n) is 11.6. The minimum absolute atomic E-state index is 0.0579. The van der Waals surface area contributed by atoms with Crippen LogP contribution in [0.5, 0.6) is 0 Å². The quantitative estimate of drug-likeness (QED) is 0.249. The predicted molar refractivity (Wildman–Crippen MR) is 167 cm³/mol. The molecule has 0 bridgehead atoms. The third-order valence-electron chi connectivity index (χ3n) is 8.69. The average Bonchev–Trinajstić information content (AvgIpc) is 3.73. The molecule has 10 heteroatoms. The largest absolute Gasteiger partial charge is 0.324 e. The number of pyridine rings is 1. The van der Waals surface area contributed by atoms with E-state index in [1.165, 1.54) is 36.5 Å². The lowest BCUT2D eigenvalue weighted by atomic mass is 9.91. The van der Waals surface area contributed by atoms with E-state index in [-0.39, 0.29) is 11.6 Å². The summed E-state index contributed by atoms with van der Waals surface area (Å²) in [5, 5.41) is 6.12. The number of aromatic nitrogens is 6. The van der Waals surface area contributed by atoms with Gasteiger partial charge in [0.1, 0.15) is 5.65 Å². The number of anilines is 2. The molecule has 0 radical (unpaired) electrons. The van der Waals surface area contributed by atoms with Crippen LogP contribution in [0.15, 0.2) is 59.1 Å². The van der Waals surface area contributed by atoms with Crippen molar-refractivity contribution in [3.05, 3.63) is 75.9 Å². The van der Waals surface area contributed by atoms with Crippen molar-refractivity contribution in [3.8, 4) is 22.5 Å². The number of rotatable bonds is 6. The van der Waals surface area contributed by atoms with Crippen LogP contribution in [-0.2, 0) is 0 Å². The maximum absolute atomic E-state index is 14.1. The fourth-order valence-electron chi connectivity index (χ4n) is 6.47. The Labute approximate surface area is 248 Å². The van der Waals surface area contributed by atoms with E-state index in [0.29, 0.717) is 28.9 Å². The molecule has 214 valence electrons. The topological polar surface area (TPSA) is 102 Å². The summed E-state index contributed by atoms with van der Waals surface area (Å²) >= 11 is 1.36. The van der Waals surface area contributed by atoms with Crippen molar-refractivity contribution >= 4 is 34.2 Å². The van der Waals surface area contributed by atoms with Gasteiger partial charge in [0.2, 0.25) is 5.95 Å². The third kappa shape index (κ3) is 5.20. The van der Waals surface area contributed by atoms with Crippen LogP contribution in [-0.4, -0.2) is 53.9 Å². The van der Waals surface area contributed by atoms with Crippen LogP contribution in [0.2, 0.25) is 0 Å². The Balaban J connectivity index is 1.23. The predicted octanol–water partition coefficient (Wildman–Crippen LogP) is 6.35. The standard InChI is InChI=1S/C32H34N8OS/c1-20-28(17-33-29(36-20)24-16-35-42-19-24)27-14-23-15-34-32(38-30(23)40(31(27)41)26-7-3-4-8-26)37-25-11-9-21(10-12-25)22-6-5-13-39(2)18-22/h9-12,14-17,19,22,26H,3-8,13,18H2,1-2H3,(H,34,37,38). The van der Waals surface area contributed by atoms with Gasteiger partial charge in [0.15, 0.2) is 5.82 Å². The van der Waals surface area contributed by atoms with E-state index in [4.69, 9.17) is 9.97 Å². The molecule has 0 spiro atoms. The first-order valence-corrected chi connectivity index (χ1v) is 15.6. The summed E-state index contributed by atoms with van der Waals surface area (Å²) in [6.07, 6.45) is 11.9. The van der Waals surface area contributed by atoms with E-state index in [9.17, 15) is 4.79 Å². The molecule has 2 fully saturated rings. The highest BCUT2D eigenvalue weighted by Crippen LogP contribution is 2.33. The zero-order valence-corrected chi connectivity index (χ0v) is 24.8. The van der Waals surface area contributed by atoms with E-state index in [2.05, 4.69) is 55.9 Å². The van der Waals surface area contributed by atoms with Crippen LogP contribution in [0.1, 0.15) is 61.7 Å². The van der Waals surface area contributed by atoms with Crippen LogP contribution >= 0.6 is 11.5 Å². The molecule has 0 amide bonds. The Morgan fingerprint density at radius 2 is 1.79 bits per heavy atom. The zero-order valence-electron chi connectivity index (χ0n) is 24.0. The Kier molecular flexibility index (Phi) is 7.25. The second-order valence-corrected chi connectivity index (χ2v) is 12.3. The highest BCUT2D eigenvalue weighted by Gasteiger charge is 2.24. The van der Waals surface area contributed by atoms with Gasteiger partial charge in [0.05, 0.1) is 11.8 Å². The number of hydrogen-bond donors (Lipinski definition) is 1. The molecule has 7 rings (SSSR count). The molecule has 1 atom stereocenters. The number of benzene rings is 1. The van der Waals surface area contributed by atoms with Gasteiger partial charge < -0.3 is 10.2 Å². The summed E-state index contributed by atoms with van der Waals surface area (Å²) in [4.78, 5) is 35.4. The molecule has 9 nitrogen and oxygen atoms in total. The van der Waals surface area contributed by atoms with Crippen LogP contribution in [0.3, 0.4) is 0 Å². The molecule has 42 heavy (non-hydrogen) atoms. The molecule has 1 aliphatic heterocycles. The van der Waals surface area contributed by atoms with Crippen LogP contribution in [0, 0.1) is 6.92 Å². The van der Waals surface area contributed by atoms with Gasteiger partial charge in [-0.3, -0.25) is 9.36 Å². The molecule has 1 saturated heterocycles. The lowest BCUT2D eigenvalue weighted by Gasteiger charge is -2.30. The van der Waals surface area contributed by atoms with Crippen molar-refractivity contribution in [1.82, 2.24) is 33.8 Å². The Morgan fingerprint density at radius 3 is 2.52 bits per heavy atom. The van der Waals surface area contributed by atoms with Gasteiger partial charge in [0.25, 0.3) is 5.56 Å². The Hall–Kier alpha value is -4.02. The molecule has 5 aromatic rings. The smallest absolute Gasteiger partial charge is 0.260 e. The second kappa shape index (κ2) is 11.3. The van der Waals surface area contributed by atoms with Crippen molar-refractivity contribution in [3.63, 3.8) is 0 Å². The number of aryl methyl sites for hydroxylation is 1. The zero-order chi connectivity index (χ0) is 28.6. The number of likely N-dealkylation sites (tertiary alicyclic amines) is 1. The van der Waals surface area contributed by atoms with E-state index in [1.54, 1.807) is 12.4 Å². The lowest BCUT2D eigenvalue weighted by Crippen LogP contribution is -2.30. The van der Waals surface area contributed by atoms with E-state index >= 15 is 0 Å². The minimum atomic E-state index is -0.0579. The van der Waals surface area contributed by atoms with Gasteiger partial charge in [-0.25, -0.2) is 19.3 Å². The van der Waals surface area contributed by atoms with Gasteiger partial charge in [0, 0.05) is 58.3 Å². The molecular formula is C32H34N8OS. The minimum Gasteiger partial charge on any atom is -0.324 e. The van der Waals surface area contributed by atoms with Crippen LogP contribution in [0.4, 0.5) is 11.6 Å². The number of fused-ring (bicyclic) bond motifs is 1. The number of piperidine rings is 1. The molecule has 5 heterocycles. The summed E-state index contributed by atoms with van der Waals surface area (Å²) in [5.41, 5.74) is 5.84.